The smallest absolute Gasteiger partial charge is 0.305 e. The second-order valence-electron chi connectivity index (χ2n) is 5.74. The van der Waals surface area contributed by atoms with E-state index >= 15 is 0 Å². The molecule has 0 fully saturated rings. The molecule has 0 radical (unpaired) electrons. The molecule has 8 heteroatoms. The summed E-state index contributed by atoms with van der Waals surface area (Å²) in [5.74, 6) is 0.0850. The number of aryl methyl sites for hydroxylation is 3. The summed E-state index contributed by atoms with van der Waals surface area (Å²) < 4.78 is 6.90. The summed E-state index contributed by atoms with van der Waals surface area (Å²) >= 11 is 4.75. The van der Waals surface area contributed by atoms with Gasteiger partial charge in [-0.1, -0.05) is 0 Å². The largest absolute Gasteiger partial charge is 0.444 e. The van der Waals surface area contributed by atoms with Crippen molar-refractivity contribution in [1.82, 2.24) is 9.66 Å². The average molecular weight is 408 g/mol. The molecule has 1 N–H and O–H groups in total. The van der Waals surface area contributed by atoms with Gasteiger partial charge in [-0.05, 0) is 66.2 Å². The summed E-state index contributed by atoms with van der Waals surface area (Å²) in [6.07, 6.45) is 4.13. The molecule has 24 heavy (non-hydrogen) atoms. The standard InChI is InChI=1S/C16H14BrN3O3S/c1-8-18-15-13(9-4-2-3-5-11(9)24-15)16(22)20(8)19-14(21)10-6-7-12(17)23-10/h6-7H,2-5H2,1H3,(H,19,21). The van der Waals surface area contributed by atoms with Gasteiger partial charge in [-0.3, -0.25) is 15.0 Å². The van der Waals surface area contributed by atoms with E-state index in [0.29, 0.717) is 15.9 Å². The SMILES string of the molecule is Cc1nc2sc3c(c2c(=O)n1NC(=O)c1ccc(Br)o1)CCCC3. The van der Waals surface area contributed by atoms with E-state index in [2.05, 4.69) is 26.3 Å². The minimum atomic E-state index is -0.490. The first kappa shape index (κ1) is 15.6. The minimum absolute atomic E-state index is 0.126. The number of hydrogen-bond donors (Lipinski definition) is 1. The fourth-order valence-electron chi connectivity index (χ4n) is 3.03. The summed E-state index contributed by atoms with van der Waals surface area (Å²) in [7, 11) is 0. The van der Waals surface area contributed by atoms with Gasteiger partial charge in [0.25, 0.3) is 5.56 Å². The minimum Gasteiger partial charge on any atom is -0.444 e. The number of nitrogens with one attached hydrogen (secondary N) is 1. The van der Waals surface area contributed by atoms with Crippen LogP contribution in [-0.4, -0.2) is 15.6 Å². The van der Waals surface area contributed by atoms with Crippen LogP contribution in [0.25, 0.3) is 10.2 Å². The van der Waals surface area contributed by atoms with E-state index in [9.17, 15) is 9.59 Å². The van der Waals surface area contributed by atoms with Crippen LogP contribution in [0.1, 0.15) is 39.7 Å². The molecule has 1 amide bonds. The molecule has 0 aliphatic heterocycles. The lowest BCUT2D eigenvalue weighted by Gasteiger charge is -2.12. The Balaban J connectivity index is 1.80. The number of rotatable bonds is 2. The maximum atomic E-state index is 12.9. The van der Waals surface area contributed by atoms with Crippen molar-refractivity contribution in [3.63, 3.8) is 0 Å². The molecule has 6 nitrogen and oxygen atoms in total. The quantitative estimate of drug-likeness (QED) is 0.705. The first-order valence-electron chi connectivity index (χ1n) is 7.65. The van der Waals surface area contributed by atoms with Crippen molar-refractivity contribution >= 4 is 43.4 Å². The van der Waals surface area contributed by atoms with E-state index in [-0.39, 0.29) is 11.3 Å². The number of nitrogens with zero attached hydrogens (tertiary/aromatic N) is 2. The Morgan fingerprint density at radius 1 is 1.38 bits per heavy atom. The van der Waals surface area contributed by atoms with Crippen LogP contribution in [0.4, 0.5) is 0 Å². The summed E-state index contributed by atoms with van der Waals surface area (Å²) in [6.45, 7) is 1.71. The molecule has 0 atom stereocenters. The molecule has 1 aliphatic carbocycles. The van der Waals surface area contributed by atoms with Crippen LogP contribution in [0.2, 0.25) is 0 Å². The predicted octanol–water partition coefficient (Wildman–Crippen LogP) is 3.38. The van der Waals surface area contributed by atoms with Crippen molar-refractivity contribution in [2.45, 2.75) is 32.6 Å². The van der Waals surface area contributed by atoms with Crippen molar-refractivity contribution in [3.8, 4) is 0 Å². The van der Waals surface area contributed by atoms with Crippen molar-refractivity contribution in [3.05, 3.63) is 49.2 Å². The third-order valence-electron chi connectivity index (χ3n) is 4.17. The molecule has 0 unspecified atom stereocenters. The molecule has 3 aromatic rings. The molecule has 124 valence electrons. The Morgan fingerprint density at radius 2 is 2.17 bits per heavy atom. The lowest BCUT2D eigenvalue weighted by atomic mass is 9.97. The van der Waals surface area contributed by atoms with Crippen molar-refractivity contribution < 1.29 is 9.21 Å². The lowest BCUT2D eigenvalue weighted by molar-refractivity contribution is 0.0979. The average Bonchev–Trinajstić information content (AvgIpc) is 3.14. The van der Waals surface area contributed by atoms with Gasteiger partial charge in [0.05, 0.1) is 5.39 Å². The van der Waals surface area contributed by atoms with Crippen LogP contribution >= 0.6 is 27.3 Å². The molecular formula is C16H14BrN3O3S. The number of amides is 1. The fraction of sp³-hybridized carbons (Fsp3) is 0.312. The van der Waals surface area contributed by atoms with Gasteiger partial charge in [-0.15, -0.1) is 11.3 Å². The molecule has 1 aliphatic rings. The van der Waals surface area contributed by atoms with E-state index in [4.69, 9.17) is 4.42 Å². The van der Waals surface area contributed by atoms with Gasteiger partial charge in [-0.25, -0.2) is 9.66 Å². The number of fused-ring (bicyclic) bond motifs is 3. The van der Waals surface area contributed by atoms with Crippen LogP contribution in [-0.2, 0) is 12.8 Å². The van der Waals surface area contributed by atoms with Gasteiger partial charge in [0, 0.05) is 4.88 Å². The van der Waals surface area contributed by atoms with Crippen molar-refractivity contribution in [2.24, 2.45) is 0 Å². The Bertz CT molecular complexity index is 1020. The Morgan fingerprint density at radius 3 is 2.92 bits per heavy atom. The Kier molecular flexibility index (Phi) is 3.80. The van der Waals surface area contributed by atoms with E-state index < -0.39 is 5.91 Å². The summed E-state index contributed by atoms with van der Waals surface area (Å²) in [6, 6.07) is 3.17. The first-order valence-corrected chi connectivity index (χ1v) is 9.26. The van der Waals surface area contributed by atoms with E-state index in [0.717, 1.165) is 36.1 Å². The van der Waals surface area contributed by atoms with Gasteiger partial charge < -0.3 is 4.42 Å². The third kappa shape index (κ3) is 2.50. The topological polar surface area (TPSA) is 77.1 Å². The predicted molar refractivity (Wildman–Crippen MR) is 95.4 cm³/mol. The second kappa shape index (κ2) is 5.86. The number of furan rings is 1. The van der Waals surface area contributed by atoms with Crippen LogP contribution in [0.15, 0.2) is 26.0 Å². The van der Waals surface area contributed by atoms with Gasteiger partial charge in [0.1, 0.15) is 10.7 Å². The number of hydrogen-bond acceptors (Lipinski definition) is 5. The first-order chi connectivity index (χ1) is 11.5. The van der Waals surface area contributed by atoms with Crippen LogP contribution < -0.4 is 11.0 Å². The maximum absolute atomic E-state index is 12.9. The normalized spacial score (nSPS) is 13.9. The van der Waals surface area contributed by atoms with Crippen LogP contribution in [0.5, 0.6) is 0 Å². The number of aromatic nitrogens is 2. The highest BCUT2D eigenvalue weighted by Gasteiger charge is 2.22. The van der Waals surface area contributed by atoms with Gasteiger partial charge in [0.15, 0.2) is 10.4 Å². The number of thiophene rings is 1. The molecule has 0 bridgehead atoms. The second-order valence-corrected chi connectivity index (χ2v) is 7.60. The molecule has 0 aromatic carbocycles. The lowest BCUT2D eigenvalue weighted by Crippen LogP contribution is -2.35. The molecule has 0 saturated heterocycles. The summed E-state index contributed by atoms with van der Waals surface area (Å²) in [5, 5.41) is 0.640. The molecule has 0 spiro atoms. The zero-order valence-electron chi connectivity index (χ0n) is 12.9. The molecule has 4 rings (SSSR count). The monoisotopic (exact) mass is 407 g/mol. The molecule has 3 heterocycles. The van der Waals surface area contributed by atoms with Crippen LogP contribution in [0, 0.1) is 6.92 Å². The molecular weight excluding hydrogens is 394 g/mol. The zero-order chi connectivity index (χ0) is 16.8. The van der Waals surface area contributed by atoms with E-state index in [1.807, 2.05) is 0 Å². The Hall–Kier alpha value is -1.93. The van der Waals surface area contributed by atoms with E-state index in [1.165, 1.54) is 15.6 Å². The fourth-order valence-corrected chi connectivity index (χ4v) is 4.64. The van der Waals surface area contributed by atoms with Crippen molar-refractivity contribution in [1.29, 1.82) is 0 Å². The van der Waals surface area contributed by atoms with Crippen molar-refractivity contribution in [2.75, 3.05) is 5.43 Å². The Labute approximate surface area is 149 Å². The van der Waals surface area contributed by atoms with Gasteiger partial charge in [0.2, 0.25) is 0 Å². The summed E-state index contributed by atoms with van der Waals surface area (Å²) in [4.78, 5) is 31.7. The number of halogens is 1. The number of carbonyl (C=O) groups excluding carboxylic acids is 1. The third-order valence-corrected chi connectivity index (χ3v) is 5.78. The highest BCUT2D eigenvalue weighted by molar-refractivity contribution is 9.10. The number of carbonyl (C=O) groups is 1. The highest BCUT2D eigenvalue weighted by atomic mass is 79.9. The summed E-state index contributed by atoms with van der Waals surface area (Å²) in [5.41, 5.74) is 3.46. The maximum Gasteiger partial charge on any atom is 0.305 e. The zero-order valence-corrected chi connectivity index (χ0v) is 15.3. The highest BCUT2D eigenvalue weighted by Crippen LogP contribution is 2.33. The molecule has 0 saturated carbocycles. The van der Waals surface area contributed by atoms with Gasteiger partial charge >= 0.3 is 5.91 Å². The van der Waals surface area contributed by atoms with E-state index in [1.54, 1.807) is 24.3 Å². The molecule has 3 aromatic heterocycles. The van der Waals surface area contributed by atoms with Crippen LogP contribution in [0.3, 0.4) is 0 Å². The van der Waals surface area contributed by atoms with Gasteiger partial charge in [-0.2, -0.15) is 0 Å².